The molecule has 32 heavy (non-hydrogen) atoms. The van der Waals surface area contributed by atoms with Crippen molar-refractivity contribution in [3.05, 3.63) is 65.5 Å². The molecule has 2 N–H and O–H groups in total. The van der Waals surface area contributed by atoms with Crippen LogP contribution >= 0.6 is 0 Å². The molecule has 0 bridgehead atoms. The molecule has 4 heterocycles. The Morgan fingerprint density at radius 1 is 1.03 bits per heavy atom. The van der Waals surface area contributed by atoms with Crippen LogP contribution in [0, 0.1) is 0 Å². The number of rotatable bonds is 3. The van der Waals surface area contributed by atoms with Gasteiger partial charge in [0.1, 0.15) is 0 Å². The highest BCUT2D eigenvalue weighted by Gasteiger charge is 2.25. The Bertz CT molecular complexity index is 1160. The molecule has 2 aromatic heterocycles. The van der Waals surface area contributed by atoms with Gasteiger partial charge in [-0.15, -0.1) is 0 Å². The highest BCUT2D eigenvalue weighted by molar-refractivity contribution is 5.98. The number of piperazine rings is 1. The lowest BCUT2D eigenvalue weighted by Crippen LogP contribution is -2.47. The van der Waals surface area contributed by atoms with Crippen molar-refractivity contribution >= 4 is 11.8 Å². The number of carbonyl (C=O) groups is 2. The molecule has 1 aromatic carbocycles. The second kappa shape index (κ2) is 8.24. The highest BCUT2D eigenvalue weighted by atomic mass is 16.2. The van der Waals surface area contributed by atoms with Crippen LogP contribution in [0.1, 0.15) is 39.3 Å². The molecule has 1 unspecified atom stereocenters. The van der Waals surface area contributed by atoms with Crippen molar-refractivity contribution in [1.82, 2.24) is 25.1 Å². The number of aromatic amines is 1. The number of fused-ring (bicyclic) bond motifs is 1. The number of hydrogen-bond donors (Lipinski definition) is 2. The largest absolute Gasteiger partial charge is 0.357 e. The lowest BCUT2D eigenvalue weighted by Gasteiger charge is -2.32. The van der Waals surface area contributed by atoms with Crippen molar-refractivity contribution < 1.29 is 9.59 Å². The summed E-state index contributed by atoms with van der Waals surface area (Å²) in [6.07, 6.45) is 1.78. The van der Waals surface area contributed by atoms with Gasteiger partial charge >= 0.3 is 0 Å². The number of nitrogens with zero attached hydrogens (tertiary/aromatic N) is 3. The van der Waals surface area contributed by atoms with Gasteiger partial charge in [0.15, 0.2) is 0 Å². The second-order valence-electron chi connectivity index (χ2n) is 8.72. The summed E-state index contributed by atoms with van der Waals surface area (Å²) < 4.78 is 0. The smallest absolute Gasteiger partial charge is 0.253 e. The zero-order chi connectivity index (χ0) is 22.2. The number of carbonyl (C=O) groups excluding carboxylic acids is 2. The fraction of sp³-hybridized carbons (Fsp3) is 0.320. The highest BCUT2D eigenvalue weighted by Crippen LogP contribution is 2.30. The van der Waals surface area contributed by atoms with Crippen molar-refractivity contribution in [2.45, 2.75) is 12.8 Å². The Labute approximate surface area is 187 Å². The number of benzene rings is 1. The third-order valence-corrected chi connectivity index (χ3v) is 6.44. The summed E-state index contributed by atoms with van der Waals surface area (Å²) in [6, 6.07) is 13.5. The molecule has 1 atom stereocenters. The molecule has 7 heteroatoms. The van der Waals surface area contributed by atoms with Gasteiger partial charge in [-0.3, -0.25) is 14.6 Å². The maximum Gasteiger partial charge on any atom is 0.253 e. The molecular formula is C25H27N5O2. The fourth-order valence-electron chi connectivity index (χ4n) is 4.38. The molecule has 2 aliphatic rings. The van der Waals surface area contributed by atoms with Gasteiger partial charge < -0.3 is 20.1 Å². The van der Waals surface area contributed by atoms with Crippen LogP contribution in [-0.2, 0) is 0 Å². The van der Waals surface area contributed by atoms with E-state index in [0.29, 0.717) is 17.7 Å². The van der Waals surface area contributed by atoms with Crippen molar-refractivity contribution in [3.63, 3.8) is 0 Å². The van der Waals surface area contributed by atoms with Crippen molar-refractivity contribution in [2.75, 3.05) is 39.8 Å². The van der Waals surface area contributed by atoms with E-state index >= 15 is 0 Å². The van der Waals surface area contributed by atoms with Crippen molar-refractivity contribution in [1.29, 1.82) is 0 Å². The van der Waals surface area contributed by atoms with E-state index in [-0.39, 0.29) is 17.7 Å². The predicted molar refractivity (Wildman–Crippen MR) is 124 cm³/mol. The van der Waals surface area contributed by atoms with Crippen LogP contribution in [0.15, 0.2) is 48.7 Å². The van der Waals surface area contributed by atoms with E-state index in [4.69, 9.17) is 0 Å². The number of likely N-dealkylation sites (N-methyl/N-ethyl adjacent to an activating group) is 1. The molecule has 0 radical (unpaired) electrons. The molecular weight excluding hydrogens is 402 g/mol. The number of pyridine rings is 1. The Morgan fingerprint density at radius 3 is 2.50 bits per heavy atom. The minimum atomic E-state index is -0.0320. The SMILES string of the molecule is CC1CNC(=O)c2cc(-c3ccnc(-c4ccc(C(=O)N5CCN(C)CC5)cc4)c3)[nH]c21. The summed E-state index contributed by atoms with van der Waals surface area (Å²) >= 11 is 0. The van der Waals surface area contributed by atoms with Crippen LogP contribution in [-0.4, -0.2) is 71.4 Å². The first-order valence-corrected chi connectivity index (χ1v) is 11.1. The Kier molecular flexibility index (Phi) is 5.27. The maximum absolute atomic E-state index is 12.8. The molecule has 0 spiro atoms. The zero-order valence-corrected chi connectivity index (χ0v) is 18.4. The second-order valence-corrected chi connectivity index (χ2v) is 8.72. The predicted octanol–water partition coefficient (Wildman–Crippen LogP) is 2.98. The van der Waals surface area contributed by atoms with E-state index in [1.807, 2.05) is 47.4 Å². The van der Waals surface area contributed by atoms with Crippen LogP contribution < -0.4 is 5.32 Å². The fourth-order valence-corrected chi connectivity index (χ4v) is 4.38. The number of amides is 2. The van der Waals surface area contributed by atoms with Gasteiger partial charge in [0.25, 0.3) is 11.8 Å². The summed E-state index contributed by atoms with van der Waals surface area (Å²) in [5, 5.41) is 2.93. The molecule has 1 saturated heterocycles. The van der Waals surface area contributed by atoms with Crippen LogP contribution in [0.2, 0.25) is 0 Å². The minimum absolute atomic E-state index is 0.0320. The van der Waals surface area contributed by atoms with Crippen LogP contribution in [0.4, 0.5) is 0 Å². The standard InChI is InChI=1S/C25H27N5O2/c1-16-15-27-24(31)20-14-22(28-23(16)20)19-7-8-26-21(13-19)17-3-5-18(6-4-17)25(32)30-11-9-29(2)10-12-30/h3-8,13-14,16,28H,9-12,15H2,1-2H3,(H,27,31). The lowest BCUT2D eigenvalue weighted by molar-refractivity contribution is 0.0664. The average Bonchev–Trinajstić information content (AvgIpc) is 3.29. The normalized spacial score (nSPS) is 18.9. The molecule has 0 aliphatic carbocycles. The molecule has 7 nitrogen and oxygen atoms in total. The summed E-state index contributed by atoms with van der Waals surface area (Å²) in [6.45, 7) is 6.08. The molecule has 1 fully saturated rings. The summed E-state index contributed by atoms with van der Waals surface area (Å²) in [7, 11) is 2.08. The van der Waals surface area contributed by atoms with Gasteiger partial charge in [0.05, 0.1) is 11.3 Å². The molecule has 5 rings (SSSR count). The topological polar surface area (TPSA) is 81.3 Å². The summed E-state index contributed by atoms with van der Waals surface area (Å²) in [4.78, 5) is 37.1. The van der Waals surface area contributed by atoms with Gasteiger partial charge in [-0.05, 0) is 37.4 Å². The van der Waals surface area contributed by atoms with Gasteiger partial charge in [-0.2, -0.15) is 0 Å². The van der Waals surface area contributed by atoms with E-state index in [2.05, 4.69) is 34.2 Å². The number of hydrogen-bond acceptors (Lipinski definition) is 4. The van der Waals surface area contributed by atoms with Crippen molar-refractivity contribution in [3.8, 4) is 22.5 Å². The molecule has 0 saturated carbocycles. The average molecular weight is 430 g/mol. The van der Waals surface area contributed by atoms with Crippen LogP contribution in [0.3, 0.4) is 0 Å². The number of H-pyrrole nitrogens is 1. The van der Waals surface area contributed by atoms with Gasteiger partial charge in [-0.25, -0.2) is 0 Å². The molecule has 2 amide bonds. The Hall–Kier alpha value is -3.45. The summed E-state index contributed by atoms with van der Waals surface area (Å²) in [5.74, 6) is 0.300. The monoisotopic (exact) mass is 429 g/mol. The first-order valence-electron chi connectivity index (χ1n) is 11.1. The first-order chi connectivity index (χ1) is 15.5. The molecule has 3 aromatic rings. The van der Waals surface area contributed by atoms with Crippen molar-refractivity contribution in [2.24, 2.45) is 0 Å². The van der Waals surface area contributed by atoms with Gasteiger partial charge in [0.2, 0.25) is 0 Å². The van der Waals surface area contributed by atoms with E-state index in [1.54, 1.807) is 6.20 Å². The lowest BCUT2D eigenvalue weighted by atomic mass is 9.99. The molecule has 2 aliphatic heterocycles. The number of aromatic nitrogens is 2. The van der Waals surface area contributed by atoms with Crippen LogP contribution in [0.25, 0.3) is 22.5 Å². The van der Waals surface area contributed by atoms with Gasteiger partial charge in [0, 0.05) is 72.9 Å². The first kappa shape index (κ1) is 20.5. The quantitative estimate of drug-likeness (QED) is 0.671. The third-order valence-electron chi connectivity index (χ3n) is 6.44. The maximum atomic E-state index is 12.8. The van der Waals surface area contributed by atoms with E-state index in [9.17, 15) is 9.59 Å². The van der Waals surface area contributed by atoms with E-state index in [1.165, 1.54) is 0 Å². The van der Waals surface area contributed by atoms with Crippen LogP contribution in [0.5, 0.6) is 0 Å². The minimum Gasteiger partial charge on any atom is -0.357 e. The zero-order valence-electron chi connectivity index (χ0n) is 18.4. The summed E-state index contributed by atoms with van der Waals surface area (Å²) in [5.41, 5.74) is 6.05. The molecule has 164 valence electrons. The van der Waals surface area contributed by atoms with E-state index < -0.39 is 0 Å². The Morgan fingerprint density at radius 2 is 1.78 bits per heavy atom. The third kappa shape index (κ3) is 3.80. The number of nitrogens with one attached hydrogen (secondary N) is 2. The van der Waals surface area contributed by atoms with Gasteiger partial charge in [-0.1, -0.05) is 19.1 Å². The van der Waals surface area contributed by atoms with E-state index in [0.717, 1.165) is 54.4 Å². The Balaban J connectivity index is 1.38.